The maximum atomic E-state index is 7.39. The number of nitrogens with two attached hydrogens (primary N) is 1. The summed E-state index contributed by atoms with van der Waals surface area (Å²) in [5.74, 6) is 1.10. The fraction of sp³-hybridized carbons (Fsp3) is 0.929. The van der Waals surface area contributed by atoms with Crippen molar-refractivity contribution in [3.63, 3.8) is 0 Å². The summed E-state index contributed by atoms with van der Waals surface area (Å²) < 4.78 is 5.21. The minimum Gasteiger partial charge on any atom is -0.388 e. The van der Waals surface area contributed by atoms with Gasteiger partial charge in [-0.2, -0.15) is 0 Å². The van der Waals surface area contributed by atoms with Crippen molar-refractivity contribution >= 4 is 5.84 Å². The molecule has 0 amide bonds. The normalized spacial score (nSPS) is 24.4. The molecule has 2 atom stereocenters. The van der Waals surface area contributed by atoms with Crippen LogP contribution in [0.25, 0.3) is 0 Å². The molecule has 2 unspecified atom stereocenters. The molecule has 0 spiro atoms. The second-order valence-corrected chi connectivity index (χ2v) is 5.32. The smallest absolute Gasteiger partial charge is 0.0918 e. The zero-order valence-corrected chi connectivity index (χ0v) is 12.0. The minimum absolute atomic E-state index is 0.293. The van der Waals surface area contributed by atoms with Crippen LogP contribution in [0.5, 0.6) is 0 Å². The zero-order valence-electron chi connectivity index (χ0n) is 12.0. The summed E-state index contributed by atoms with van der Waals surface area (Å²) in [4.78, 5) is 2.50. The molecule has 1 aliphatic rings. The van der Waals surface area contributed by atoms with Gasteiger partial charge in [-0.25, -0.2) is 0 Å². The molecule has 0 aromatic carbocycles. The first-order chi connectivity index (χ1) is 8.69. The van der Waals surface area contributed by atoms with E-state index in [0.29, 0.717) is 18.3 Å². The first-order valence-electron chi connectivity index (χ1n) is 7.24. The molecule has 0 saturated heterocycles. The largest absolute Gasteiger partial charge is 0.388 e. The monoisotopic (exact) mass is 255 g/mol. The molecule has 18 heavy (non-hydrogen) atoms. The van der Waals surface area contributed by atoms with Gasteiger partial charge in [0.1, 0.15) is 0 Å². The van der Waals surface area contributed by atoms with E-state index in [9.17, 15) is 0 Å². The second kappa shape index (κ2) is 8.48. The van der Waals surface area contributed by atoms with Gasteiger partial charge in [-0.3, -0.25) is 10.3 Å². The van der Waals surface area contributed by atoms with Crippen LogP contribution in [0.2, 0.25) is 0 Å². The Labute approximate surface area is 111 Å². The fourth-order valence-electron chi connectivity index (χ4n) is 3.06. The van der Waals surface area contributed by atoms with Crippen molar-refractivity contribution in [3.05, 3.63) is 0 Å². The lowest BCUT2D eigenvalue weighted by molar-refractivity contribution is 0.0715. The Hall–Kier alpha value is -0.610. The summed E-state index contributed by atoms with van der Waals surface area (Å²) in [7, 11) is 1.75. The van der Waals surface area contributed by atoms with Crippen LogP contribution in [0.15, 0.2) is 0 Å². The SMILES string of the molecule is CCC1CCCCC1N(CCOC)CCC(=N)N. The molecule has 4 nitrogen and oxygen atoms in total. The van der Waals surface area contributed by atoms with Crippen LogP contribution in [-0.4, -0.2) is 43.6 Å². The quantitative estimate of drug-likeness (QED) is 0.516. The van der Waals surface area contributed by atoms with Crippen molar-refractivity contribution in [1.29, 1.82) is 5.41 Å². The van der Waals surface area contributed by atoms with E-state index < -0.39 is 0 Å². The van der Waals surface area contributed by atoms with Gasteiger partial charge in [-0.1, -0.05) is 26.2 Å². The predicted octanol–water partition coefficient (Wildman–Crippen LogP) is 2.23. The average Bonchev–Trinajstić information content (AvgIpc) is 2.38. The highest BCUT2D eigenvalue weighted by atomic mass is 16.5. The van der Waals surface area contributed by atoms with Gasteiger partial charge in [-0.15, -0.1) is 0 Å². The molecule has 0 aliphatic heterocycles. The first-order valence-corrected chi connectivity index (χ1v) is 7.24. The Morgan fingerprint density at radius 2 is 2.06 bits per heavy atom. The number of ether oxygens (including phenoxy) is 1. The van der Waals surface area contributed by atoms with Crippen LogP contribution in [-0.2, 0) is 4.74 Å². The standard InChI is InChI=1S/C14H29N3O/c1-3-12-6-4-5-7-13(12)17(10-11-18-2)9-8-14(15)16/h12-13H,3-11H2,1-2H3,(H3,15,16). The summed E-state index contributed by atoms with van der Waals surface area (Å²) in [6.07, 6.45) is 7.29. The van der Waals surface area contributed by atoms with Crippen LogP contribution in [0.4, 0.5) is 0 Å². The van der Waals surface area contributed by atoms with E-state index in [1.54, 1.807) is 7.11 Å². The van der Waals surface area contributed by atoms with E-state index in [0.717, 1.165) is 25.6 Å². The molecule has 1 fully saturated rings. The molecule has 4 heteroatoms. The van der Waals surface area contributed by atoms with Gasteiger partial charge in [0.2, 0.25) is 0 Å². The van der Waals surface area contributed by atoms with E-state index in [1.807, 2.05) is 0 Å². The Morgan fingerprint density at radius 1 is 1.33 bits per heavy atom. The number of hydrogen-bond donors (Lipinski definition) is 2. The van der Waals surface area contributed by atoms with Crippen molar-refractivity contribution < 1.29 is 4.74 Å². The van der Waals surface area contributed by atoms with Crippen LogP contribution in [0, 0.1) is 11.3 Å². The maximum Gasteiger partial charge on any atom is 0.0918 e. The Balaban J connectivity index is 2.56. The molecule has 0 bridgehead atoms. The van der Waals surface area contributed by atoms with Gasteiger partial charge in [-0.05, 0) is 18.8 Å². The highest BCUT2D eigenvalue weighted by Crippen LogP contribution is 2.30. The predicted molar refractivity (Wildman–Crippen MR) is 76.0 cm³/mol. The average molecular weight is 255 g/mol. The Bertz CT molecular complexity index is 245. The lowest BCUT2D eigenvalue weighted by Gasteiger charge is -2.39. The molecule has 0 aromatic heterocycles. The van der Waals surface area contributed by atoms with E-state index in [4.69, 9.17) is 15.9 Å². The Morgan fingerprint density at radius 3 is 2.67 bits per heavy atom. The lowest BCUT2D eigenvalue weighted by Crippen LogP contribution is -2.45. The second-order valence-electron chi connectivity index (χ2n) is 5.32. The van der Waals surface area contributed by atoms with Gasteiger partial charge in [0.05, 0.1) is 12.4 Å². The number of rotatable bonds is 8. The summed E-state index contributed by atoms with van der Waals surface area (Å²) in [5, 5.41) is 7.39. The van der Waals surface area contributed by atoms with Crippen LogP contribution >= 0.6 is 0 Å². The minimum atomic E-state index is 0.293. The van der Waals surface area contributed by atoms with Crippen LogP contribution in [0.1, 0.15) is 45.4 Å². The number of methoxy groups -OCH3 is 1. The summed E-state index contributed by atoms with van der Waals surface area (Å²) in [6, 6.07) is 0.665. The summed E-state index contributed by atoms with van der Waals surface area (Å²) in [6.45, 7) is 4.93. The number of nitrogens with one attached hydrogen (secondary N) is 1. The van der Waals surface area contributed by atoms with E-state index in [2.05, 4.69) is 11.8 Å². The van der Waals surface area contributed by atoms with E-state index >= 15 is 0 Å². The van der Waals surface area contributed by atoms with Crippen molar-refractivity contribution in [3.8, 4) is 0 Å². The topological polar surface area (TPSA) is 62.3 Å². The Kier molecular flexibility index (Phi) is 7.28. The van der Waals surface area contributed by atoms with Gasteiger partial charge < -0.3 is 10.5 Å². The maximum absolute atomic E-state index is 7.39. The van der Waals surface area contributed by atoms with E-state index in [-0.39, 0.29) is 0 Å². The van der Waals surface area contributed by atoms with E-state index in [1.165, 1.54) is 32.1 Å². The molecule has 0 heterocycles. The number of amidine groups is 1. The van der Waals surface area contributed by atoms with Crippen molar-refractivity contribution in [2.75, 3.05) is 26.8 Å². The third-order valence-electron chi connectivity index (χ3n) is 4.11. The lowest BCUT2D eigenvalue weighted by atomic mass is 9.82. The first kappa shape index (κ1) is 15.4. The molecule has 0 aromatic rings. The molecular formula is C14H29N3O. The third-order valence-corrected chi connectivity index (χ3v) is 4.11. The van der Waals surface area contributed by atoms with Gasteiger partial charge in [0.25, 0.3) is 0 Å². The summed E-state index contributed by atoms with van der Waals surface area (Å²) >= 11 is 0. The molecule has 106 valence electrons. The van der Waals surface area contributed by atoms with Crippen LogP contribution in [0.3, 0.4) is 0 Å². The fourth-order valence-corrected chi connectivity index (χ4v) is 3.06. The third kappa shape index (κ3) is 4.94. The highest BCUT2D eigenvalue weighted by Gasteiger charge is 2.28. The molecule has 3 N–H and O–H groups in total. The van der Waals surface area contributed by atoms with Gasteiger partial charge >= 0.3 is 0 Å². The van der Waals surface area contributed by atoms with Crippen molar-refractivity contribution in [1.82, 2.24) is 4.90 Å². The van der Waals surface area contributed by atoms with Gasteiger partial charge in [0, 0.05) is 32.7 Å². The molecular weight excluding hydrogens is 226 g/mol. The highest BCUT2D eigenvalue weighted by molar-refractivity contribution is 5.76. The van der Waals surface area contributed by atoms with Crippen molar-refractivity contribution in [2.24, 2.45) is 11.7 Å². The zero-order chi connectivity index (χ0) is 13.4. The number of hydrogen-bond acceptors (Lipinski definition) is 3. The molecule has 1 aliphatic carbocycles. The van der Waals surface area contributed by atoms with Gasteiger partial charge in [0.15, 0.2) is 0 Å². The molecule has 0 radical (unpaired) electrons. The molecule has 1 rings (SSSR count). The van der Waals surface area contributed by atoms with Crippen molar-refractivity contribution in [2.45, 2.75) is 51.5 Å². The van der Waals surface area contributed by atoms with Crippen LogP contribution < -0.4 is 5.73 Å². The molecule has 1 saturated carbocycles. The number of nitrogens with zero attached hydrogens (tertiary/aromatic N) is 1. The summed E-state index contributed by atoms with van der Waals surface area (Å²) in [5.41, 5.74) is 5.49.